The molecular formula is C3H4N2O3. The number of aliphatic carboxylic acids is 1. The molecule has 2 amide bonds. The molecule has 0 aliphatic heterocycles. The topological polar surface area (TPSA) is 92.8 Å². The van der Waals surface area contributed by atoms with Gasteiger partial charge >= 0.3 is 12.0 Å². The van der Waals surface area contributed by atoms with Crippen molar-refractivity contribution in [3.05, 3.63) is 0 Å². The van der Waals surface area contributed by atoms with Gasteiger partial charge in [0, 0.05) is 0 Å². The summed E-state index contributed by atoms with van der Waals surface area (Å²) in [6.07, 6.45) is 0.433. The number of urea groups is 1. The summed E-state index contributed by atoms with van der Waals surface area (Å²) in [6.45, 7) is 0. The highest BCUT2D eigenvalue weighted by Crippen LogP contribution is 1.62. The van der Waals surface area contributed by atoms with E-state index in [-0.39, 0.29) is 0 Å². The van der Waals surface area contributed by atoms with E-state index in [1.54, 1.807) is 0 Å². The van der Waals surface area contributed by atoms with Gasteiger partial charge in [-0.3, -0.25) is 0 Å². The van der Waals surface area contributed by atoms with Crippen molar-refractivity contribution in [3.8, 4) is 0 Å². The molecule has 5 heteroatoms. The molecule has 0 aliphatic carbocycles. The van der Waals surface area contributed by atoms with Crippen molar-refractivity contribution in [1.29, 1.82) is 0 Å². The quantitative estimate of drug-likeness (QED) is 0.440. The number of carbonyl (C=O) groups is 2. The number of carbonyl (C=O) groups excluding carboxylic acids is 1. The Morgan fingerprint density at radius 1 is 1.62 bits per heavy atom. The molecule has 0 atom stereocenters. The van der Waals surface area contributed by atoms with E-state index in [4.69, 9.17) is 5.11 Å². The minimum Gasteiger partial charge on any atom is -0.477 e. The number of aliphatic imine (C=N–C) groups is 1. The van der Waals surface area contributed by atoms with Crippen molar-refractivity contribution in [2.75, 3.05) is 0 Å². The number of nitrogens with two attached hydrogens (primary N) is 1. The SMILES string of the molecule is NC(=O)N=CC(=O)O. The summed E-state index contributed by atoms with van der Waals surface area (Å²) in [6, 6.07) is -1.01. The van der Waals surface area contributed by atoms with Crippen LogP contribution in [-0.4, -0.2) is 23.3 Å². The number of nitrogens with zero attached hydrogens (tertiary/aromatic N) is 1. The third kappa shape index (κ3) is 4.61. The molecule has 0 fully saturated rings. The average molecular weight is 116 g/mol. The number of hydrogen-bond donors (Lipinski definition) is 2. The fourth-order valence-corrected chi connectivity index (χ4v) is 0.119. The van der Waals surface area contributed by atoms with Gasteiger partial charge < -0.3 is 10.8 Å². The van der Waals surface area contributed by atoms with Gasteiger partial charge in [-0.25, -0.2) is 9.59 Å². The Hall–Kier alpha value is -1.39. The van der Waals surface area contributed by atoms with Crippen molar-refractivity contribution in [2.45, 2.75) is 0 Å². The van der Waals surface area contributed by atoms with Crippen LogP contribution in [0.15, 0.2) is 4.99 Å². The maximum absolute atomic E-state index is 9.66. The Morgan fingerprint density at radius 3 is 2.25 bits per heavy atom. The van der Waals surface area contributed by atoms with Crippen LogP contribution >= 0.6 is 0 Å². The van der Waals surface area contributed by atoms with Crippen LogP contribution < -0.4 is 5.73 Å². The van der Waals surface area contributed by atoms with Crippen molar-refractivity contribution in [2.24, 2.45) is 10.7 Å². The highest BCUT2D eigenvalue weighted by atomic mass is 16.4. The molecular weight excluding hydrogens is 112 g/mol. The Labute approximate surface area is 44.8 Å². The zero-order chi connectivity index (χ0) is 6.57. The Morgan fingerprint density at radius 2 is 2.12 bits per heavy atom. The first kappa shape index (κ1) is 6.61. The second kappa shape index (κ2) is 2.73. The highest BCUT2D eigenvalue weighted by molar-refractivity contribution is 6.24. The van der Waals surface area contributed by atoms with E-state index >= 15 is 0 Å². The number of carboxylic acids is 1. The van der Waals surface area contributed by atoms with Gasteiger partial charge in [0.25, 0.3) is 0 Å². The summed E-state index contributed by atoms with van der Waals surface area (Å²) in [5.41, 5.74) is 4.44. The minimum atomic E-state index is -1.29. The minimum absolute atomic E-state index is 0.433. The van der Waals surface area contributed by atoms with E-state index in [0.717, 1.165) is 0 Å². The van der Waals surface area contributed by atoms with Crippen LogP contribution in [0.1, 0.15) is 0 Å². The largest absolute Gasteiger partial charge is 0.477 e. The van der Waals surface area contributed by atoms with Gasteiger partial charge in [-0.2, -0.15) is 4.99 Å². The van der Waals surface area contributed by atoms with Gasteiger partial charge in [0.2, 0.25) is 0 Å². The molecule has 0 aromatic heterocycles. The Bertz CT molecular complexity index is 123. The van der Waals surface area contributed by atoms with Crippen molar-refractivity contribution < 1.29 is 14.7 Å². The summed E-state index contributed by atoms with van der Waals surface area (Å²) in [5.74, 6) is -1.29. The summed E-state index contributed by atoms with van der Waals surface area (Å²) >= 11 is 0. The molecule has 0 heterocycles. The van der Waals surface area contributed by atoms with E-state index in [1.165, 1.54) is 0 Å². The standard InChI is InChI=1S/C3H4N2O3/c4-3(8)5-1-2(6)7/h1H,(H2,4,8)(H,6,7). The Balaban J connectivity index is 3.67. The first-order valence-corrected chi connectivity index (χ1v) is 1.69. The fraction of sp³-hybridized carbons (Fsp3) is 0. The molecule has 0 aromatic rings. The van der Waals surface area contributed by atoms with Crippen LogP contribution in [0.25, 0.3) is 0 Å². The van der Waals surface area contributed by atoms with Gasteiger partial charge in [-0.05, 0) is 0 Å². The lowest BCUT2D eigenvalue weighted by Gasteiger charge is -1.75. The second-order valence-corrected chi connectivity index (χ2v) is 0.935. The number of amides is 2. The normalized spacial score (nSPS) is 9.50. The van der Waals surface area contributed by atoms with Gasteiger partial charge in [0.1, 0.15) is 6.21 Å². The molecule has 5 nitrogen and oxygen atoms in total. The van der Waals surface area contributed by atoms with E-state index in [9.17, 15) is 9.59 Å². The van der Waals surface area contributed by atoms with E-state index in [2.05, 4.69) is 10.7 Å². The van der Waals surface area contributed by atoms with Crippen molar-refractivity contribution >= 4 is 18.2 Å². The third-order valence-corrected chi connectivity index (χ3v) is 0.302. The maximum Gasteiger partial charge on any atom is 0.347 e. The van der Waals surface area contributed by atoms with Crippen molar-refractivity contribution in [3.63, 3.8) is 0 Å². The lowest BCUT2D eigenvalue weighted by Crippen LogP contribution is -2.06. The predicted octanol–water partition coefficient (Wildman–Crippen LogP) is -0.779. The second-order valence-electron chi connectivity index (χ2n) is 0.935. The molecule has 0 saturated heterocycles. The van der Waals surface area contributed by atoms with Crippen molar-refractivity contribution in [1.82, 2.24) is 0 Å². The maximum atomic E-state index is 9.66. The molecule has 0 aliphatic rings. The molecule has 44 valence electrons. The molecule has 0 spiro atoms. The highest BCUT2D eigenvalue weighted by Gasteiger charge is 1.87. The monoisotopic (exact) mass is 116 g/mol. The summed E-state index contributed by atoms with van der Waals surface area (Å²) in [7, 11) is 0. The summed E-state index contributed by atoms with van der Waals surface area (Å²) in [4.78, 5) is 21.9. The molecule has 0 bridgehead atoms. The molecule has 0 aromatic carbocycles. The first-order chi connectivity index (χ1) is 3.63. The molecule has 0 unspecified atom stereocenters. The van der Waals surface area contributed by atoms with Gasteiger partial charge in [0.05, 0.1) is 0 Å². The van der Waals surface area contributed by atoms with Crippen LogP contribution in [0.3, 0.4) is 0 Å². The van der Waals surface area contributed by atoms with Gasteiger partial charge in [-0.1, -0.05) is 0 Å². The average Bonchev–Trinajstić information content (AvgIpc) is 1.61. The fourth-order valence-electron chi connectivity index (χ4n) is 0.119. The Kier molecular flexibility index (Phi) is 2.25. The van der Waals surface area contributed by atoms with Crippen LogP contribution in [-0.2, 0) is 4.79 Å². The van der Waals surface area contributed by atoms with Crippen LogP contribution in [0.4, 0.5) is 4.79 Å². The van der Waals surface area contributed by atoms with E-state index in [0.29, 0.717) is 6.21 Å². The zero-order valence-electron chi connectivity index (χ0n) is 3.87. The lowest BCUT2D eigenvalue weighted by molar-refractivity contribution is -0.128. The van der Waals surface area contributed by atoms with Gasteiger partial charge in [-0.15, -0.1) is 0 Å². The lowest BCUT2D eigenvalue weighted by atomic mass is 10.7. The smallest absolute Gasteiger partial charge is 0.347 e. The first-order valence-electron chi connectivity index (χ1n) is 1.69. The molecule has 3 N–H and O–H groups in total. The number of hydrogen-bond acceptors (Lipinski definition) is 2. The number of primary amides is 1. The van der Waals surface area contributed by atoms with Crippen LogP contribution in [0.5, 0.6) is 0 Å². The summed E-state index contributed by atoms with van der Waals surface area (Å²) < 4.78 is 0. The molecule has 8 heavy (non-hydrogen) atoms. The van der Waals surface area contributed by atoms with Crippen LogP contribution in [0.2, 0.25) is 0 Å². The van der Waals surface area contributed by atoms with Gasteiger partial charge in [0.15, 0.2) is 0 Å². The van der Waals surface area contributed by atoms with E-state index in [1.807, 2.05) is 0 Å². The predicted molar refractivity (Wildman–Crippen MR) is 25.7 cm³/mol. The number of rotatable bonds is 1. The zero-order valence-corrected chi connectivity index (χ0v) is 3.87. The van der Waals surface area contributed by atoms with E-state index < -0.39 is 12.0 Å². The summed E-state index contributed by atoms with van der Waals surface area (Å²) in [5, 5.41) is 7.81. The molecule has 0 rings (SSSR count). The third-order valence-electron chi connectivity index (χ3n) is 0.302. The molecule has 0 saturated carbocycles. The number of carboxylic acid groups (broad SMARTS) is 1. The molecule has 0 radical (unpaired) electrons. The van der Waals surface area contributed by atoms with Crippen LogP contribution in [0, 0.1) is 0 Å².